The molecule has 0 aromatic heterocycles. The number of carbonyl (C=O) groups is 1. The summed E-state index contributed by atoms with van der Waals surface area (Å²) in [5.74, 6) is -1.50. The van der Waals surface area contributed by atoms with Gasteiger partial charge in [-0.05, 0) is 24.1 Å². The van der Waals surface area contributed by atoms with Gasteiger partial charge in [0.05, 0.1) is 0 Å². The van der Waals surface area contributed by atoms with Crippen molar-refractivity contribution in [2.75, 3.05) is 0 Å². The van der Waals surface area contributed by atoms with Crippen LogP contribution >= 0.6 is 0 Å². The first-order valence-corrected chi connectivity index (χ1v) is 4.16. The van der Waals surface area contributed by atoms with E-state index in [1.54, 1.807) is 0 Å². The summed E-state index contributed by atoms with van der Waals surface area (Å²) in [5.41, 5.74) is 5.91. The zero-order valence-corrected chi connectivity index (χ0v) is 7.75. The van der Waals surface area contributed by atoms with Gasteiger partial charge in [-0.1, -0.05) is 6.07 Å². The second kappa shape index (κ2) is 4.63. The van der Waals surface area contributed by atoms with Gasteiger partial charge in [0, 0.05) is 0 Å². The molecule has 0 aliphatic carbocycles. The fourth-order valence-electron chi connectivity index (χ4n) is 1.10. The van der Waals surface area contributed by atoms with Crippen LogP contribution in [0, 0.1) is 0 Å². The number of hydrogen-bond acceptors (Lipinski definition) is 6. The highest BCUT2D eigenvalue weighted by molar-refractivity contribution is 5.75. The first-order valence-electron chi connectivity index (χ1n) is 4.16. The maximum Gasteiger partial charge on any atom is 0.358 e. The predicted octanol–water partition coefficient (Wildman–Crippen LogP) is -0.0162. The molecule has 0 saturated carbocycles. The molecule has 1 aromatic rings. The van der Waals surface area contributed by atoms with Gasteiger partial charge in [0.2, 0.25) is 0 Å². The Morgan fingerprint density at radius 1 is 1.40 bits per heavy atom. The molecule has 0 radical (unpaired) electrons. The lowest BCUT2D eigenvalue weighted by molar-refractivity contribution is -0.235. The lowest BCUT2D eigenvalue weighted by atomic mass is 10.1. The van der Waals surface area contributed by atoms with E-state index in [1.165, 1.54) is 18.2 Å². The zero-order valence-electron chi connectivity index (χ0n) is 7.75. The number of phenols is 2. The number of nitrogens with two attached hydrogens (primary N) is 1. The summed E-state index contributed by atoms with van der Waals surface area (Å²) in [6.45, 7) is 0. The van der Waals surface area contributed by atoms with Crippen molar-refractivity contribution in [3.8, 4) is 11.5 Å². The first kappa shape index (κ1) is 11.3. The third kappa shape index (κ3) is 2.83. The molecule has 0 aliphatic heterocycles. The van der Waals surface area contributed by atoms with Crippen LogP contribution in [-0.2, 0) is 16.1 Å². The third-order valence-electron chi connectivity index (χ3n) is 1.89. The van der Waals surface area contributed by atoms with E-state index in [2.05, 4.69) is 4.89 Å². The van der Waals surface area contributed by atoms with Crippen LogP contribution in [0.5, 0.6) is 11.5 Å². The van der Waals surface area contributed by atoms with Crippen molar-refractivity contribution in [3.05, 3.63) is 23.8 Å². The van der Waals surface area contributed by atoms with Crippen LogP contribution < -0.4 is 5.73 Å². The number of phenolic OH excluding ortho intramolecular Hbond substituents is 2. The summed E-state index contributed by atoms with van der Waals surface area (Å²) in [7, 11) is 0. The standard InChI is InChI=1S/C9H11NO5/c10-6(9(13)15-14)3-5-1-2-7(11)8(12)4-5/h1-2,4,6,11-12,14H,3,10H2. The highest BCUT2D eigenvalue weighted by atomic mass is 17.1. The van der Waals surface area contributed by atoms with Gasteiger partial charge in [-0.25, -0.2) is 4.79 Å². The molecule has 0 aliphatic rings. The minimum absolute atomic E-state index is 0.0905. The van der Waals surface area contributed by atoms with Gasteiger partial charge in [0.1, 0.15) is 6.04 Å². The van der Waals surface area contributed by atoms with Gasteiger partial charge >= 0.3 is 5.97 Å². The van der Waals surface area contributed by atoms with E-state index < -0.39 is 12.0 Å². The van der Waals surface area contributed by atoms with Crippen LogP contribution in [0.4, 0.5) is 0 Å². The van der Waals surface area contributed by atoms with Crippen molar-refractivity contribution in [2.45, 2.75) is 12.5 Å². The van der Waals surface area contributed by atoms with Crippen LogP contribution in [0.1, 0.15) is 5.56 Å². The molecule has 1 rings (SSSR count). The molecule has 0 fully saturated rings. The van der Waals surface area contributed by atoms with Crippen molar-refractivity contribution < 1.29 is 25.2 Å². The molecule has 0 bridgehead atoms. The van der Waals surface area contributed by atoms with E-state index in [-0.39, 0.29) is 17.9 Å². The molecule has 15 heavy (non-hydrogen) atoms. The summed E-state index contributed by atoms with van der Waals surface area (Å²) < 4.78 is 0. The van der Waals surface area contributed by atoms with Crippen molar-refractivity contribution >= 4 is 5.97 Å². The molecule has 6 nitrogen and oxygen atoms in total. The Labute approximate surface area is 85.5 Å². The van der Waals surface area contributed by atoms with Gasteiger partial charge in [-0.2, -0.15) is 5.26 Å². The fourth-order valence-corrected chi connectivity index (χ4v) is 1.10. The predicted molar refractivity (Wildman–Crippen MR) is 50.2 cm³/mol. The Kier molecular flexibility index (Phi) is 3.48. The van der Waals surface area contributed by atoms with Crippen molar-refractivity contribution in [1.82, 2.24) is 0 Å². The maximum absolute atomic E-state index is 10.8. The lowest BCUT2D eigenvalue weighted by Crippen LogP contribution is -2.33. The minimum atomic E-state index is -1.01. The second-order valence-corrected chi connectivity index (χ2v) is 3.04. The van der Waals surface area contributed by atoms with Crippen LogP contribution in [0.15, 0.2) is 18.2 Å². The van der Waals surface area contributed by atoms with Gasteiger partial charge in [-0.15, -0.1) is 0 Å². The number of rotatable bonds is 3. The van der Waals surface area contributed by atoms with E-state index in [0.29, 0.717) is 5.56 Å². The van der Waals surface area contributed by atoms with Crippen LogP contribution in [0.3, 0.4) is 0 Å². The van der Waals surface area contributed by atoms with Crippen LogP contribution in [0.2, 0.25) is 0 Å². The van der Waals surface area contributed by atoms with Crippen molar-refractivity contribution in [1.29, 1.82) is 0 Å². The number of benzene rings is 1. The first-order chi connectivity index (χ1) is 7.04. The highest BCUT2D eigenvalue weighted by Crippen LogP contribution is 2.25. The van der Waals surface area contributed by atoms with E-state index in [4.69, 9.17) is 21.2 Å². The van der Waals surface area contributed by atoms with Gasteiger partial charge in [0.25, 0.3) is 0 Å². The summed E-state index contributed by atoms with van der Waals surface area (Å²) >= 11 is 0. The number of hydrogen-bond donors (Lipinski definition) is 4. The van der Waals surface area contributed by atoms with E-state index in [1.807, 2.05) is 0 Å². The fraction of sp³-hybridized carbons (Fsp3) is 0.222. The summed E-state index contributed by atoms with van der Waals surface area (Å²) in [6, 6.07) is 3.04. The molecule has 82 valence electrons. The van der Waals surface area contributed by atoms with Crippen LogP contribution in [-0.4, -0.2) is 27.5 Å². The second-order valence-electron chi connectivity index (χ2n) is 3.04. The Morgan fingerprint density at radius 3 is 2.60 bits per heavy atom. The molecule has 0 spiro atoms. The lowest BCUT2D eigenvalue weighted by Gasteiger charge is -2.08. The Morgan fingerprint density at radius 2 is 2.07 bits per heavy atom. The summed E-state index contributed by atoms with van der Waals surface area (Å²) in [5, 5.41) is 26.2. The highest BCUT2D eigenvalue weighted by Gasteiger charge is 2.16. The van der Waals surface area contributed by atoms with E-state index in [9.17, 15) is 4.79 Å². The number of aromatic hydroxyl groups is 2. The largest absolute Gasteiger partial charge is 0.504 e. The molecule has 0 saturated heterocycles. The Hall–Kier alpha value is -1.79. The average molecular weight is 213 g/mol. The Balaban J connectivity index is 2.73. The SMILES string of the molecule is NC(Cc1ccc(O)c(O)c1)C(=O)OO. The Bertz CT molecular complexity index is 366. The van der Waals surface area contributed by atoms with Gasteiger partial charge in [-0.3, -0.25) is 4.89 Å². The smallest absolute Gasteiger partial charge is 0.358 e. The molecular formula is C9H11NO5. The normalized spacial score (nSPS) is 12.1. The summed E-state index contributed by atoms with van der Waals surface area (Å²) in [4.78, 5) is 14.2. The number of carbonyl (C=O) groups excluding carboxylic acids is 1. The van der Waals surface area contributed by atoms with E-state index in [0.717, 1.165) is 0 Å². The molecule has 0 amide bonds. The zero-order chi connectivity index (χ0) is 11.4. The van der Waals surface area contributed by atoms with Crippen molar-refractivity contribution in [2.24, 2.45) is 5.73 Å². The van der Waals surface area contributed by atoms with Gasteiger partial charge < -0.3 is 15.9 Å². The van der Waals surface area contributed by atoms with Crippen molar-refractivity contribution in [3.63, 3.8) is 0 Å². The monoisotopic (exact) mass is 213 g/mol. The van der Waals surface area contributed by atoms with Crippen LogP contribution in [0.25, 0.3) is 0 Å². The minimum Gasteiger partial charge on any atom is -0.504 e. The molecule has 6 heteroatoms. The summed E-state index contributed by atoms with van der Waals surface area (Å²) in [6.07, 6.45) is 0.0905. The molecule has 0 heterocycles. The third-order valence-corrected chi connectivity index (χ3v) is 1.89. The van der Waals surface area contributed by atoms with E-state index >= 15 is 0 Å². The quantitative estimate of drug-likeness (QED) is 0.319. The average Bonchev–Trinajstić information content (AvgIpc) is 2.22. The molecule has 5 N–H and O–H groups in total. The molecular weight excluding hydrogens is 202 g/mol. The topological polar surface area (TPSA) is 113 Å². The maximum atomic E-state index is 10.8. The van der Waals surface area contributed by atoms with Gasteiger partial charge in [0.15, 0.2) is 11.5 Å². The molecule has 1 unspecified atom stereocenters. The molecule has 1 atom stereocenters. The molecule has 1 aromatic carbocycles.